The van der Waals surface area contributed by atoms with Gasteiger partial charge in [0.2, 0.25) is 5.91 Å². The summed E-state index contributed by atoms with van der Waals surface area (Å²) in [5, 5.41) is 4.04. The number of thiophene rings is 1. The molecule has 0 unspecified atom stereocenters. The number of halogens is 2. The molecule has 1 aliphatic rings. The van der Waals surface area contributed by atoms with Gasteiger partial charge in [0, 0.05) is 10.6 Å². The minimum Gasteiger partial charge on any atom is -0.396 e. The molecule has 1 aromatic carbocycles. The number of rotatable bonds is 5. The quantitative estimate of drug-likeness (QED) is 0.500. The fraction of sp³-hybridized carbons (Fsp3) is 0.278. The number of anilines is 2. The van der Waals surface area contributed by atoms with E-state index in [1.54, 1.807) is 23.5 Å². The molecule has 146 valence electrons. The summed E-state index contributed by atoms with van der Waals surface area (Å²) in [6, 6.07) is 3.10. The molecule has 0 saturated carbocycles. The van der Waals surface area contributed by atoms with Gasteiger partial charge in [-0.1, -0.05) is 23.2 Å². The number of hydrogen-bond donors (Lipinski definition) is 3. The molecule has 6 nitrogen and oxygen atoms in total. The summed E-state index contributed by atoms with van der Waals surface area (Å²) < 4.78 is 0. The number of aryl methyl sites for hydroxylation is 2. The normalized spacial score (nSPS) is 13.1. The Labute approximate surface area is 178 Å². The van der Waals surface area contributed by atoms with Crippen LogP contribution < -0.4 is 16.6 Å². The number of nitrogens with two attached hydrogens (primary N) is 1. The van der Waals surface area contributed by atoms with Crippen molar-refractivity contribution in [1.82, 2.24) is 9.97 Å². The van der Waals surface area contributed by atoms with E-state index >= 15 is 0 Å². The first-order valence-corrected chi connectivity index (χ1v) is 11.3. The van der Waals surface area contributed by atoms with E-state index in [4.69, 9.17) is 28.9 Å². The molecule has 1 aliphatic carbocycles. The van der Waals surface area contributed by atoms with Crippen molar-refractivity contribution in [3.05, 3.63) is 48.8 Å². The van der Waals surface area contributed by atoms with Crippen LogP contribution in [0.2, 0.25) is 10.0 Å². The highest BCUT2D eigenvalue weighted by atomic mass is 35.5. The minimum atomic E-state index is -0.208. The maximum Gasteiger partial charge on any atom is 0.259 e. The summed E-state index contributed by atoms with van der Waals surface area (Å²) in [5.74, 6) is 1.00. The molecule has 10 heteroatoms. The van der Waals surface area contributed by atoms with E-state index < -0.39 is 0 Å². The first-order chi connectivity index (χ1) is 13.4. The average molecular weight is 455 g/mol. The van der Waals surface area contributed by atoms with Crippen LogP contribution in [0.25, 0.3) is 10.2 Å². The summed E-state index contributed by atoms with van der Waals surface area (Å²) in [4.78, 5) is 34.1. The van der Waals surface area contributed by atoms with Gasteiger partial charge in [0.05, 0.1) is 32.6 Å². The predicted molar refractivity (Wildman–Crippen MR) is 118 cm³/mol. The van der Waals surface area contributed by atoms with Crippen LogP contribution in [0.5, 0.6) is 0 Å². The molecular weight excluding hydrogens is 439 g/mol. The zero-order chi connectivity index (χ0) is 19.8. The smallest absolute Gasteiger partial charge is 0.259 e. The summed E-state index contributed by atoms with van der Waals surface area (Å²) in [6.07, 6.45) is 3.08. The fourth-order valence-electron chi connectivity index (χ4n) is 3.21. The van der Waals surface area contributed by atoms with E-state index in [0.717, 1.165) is 35.0 Å². The summed E-state index contributed by atoms with van der Waals surface area (Å²) in [5.41, 5.74) is 7.52. The van der Waals surface area contributed by atoms with E-state index in [-0.39, 0.29) is 33.0 Å². The lowest BCUT2D eigenvalue weighted by molar-refractivity contribution is -0.113. The minimum absolute atomic E-state index is 0.0874. The van der Waals surface area contributed by atoms with Crippen molar-refractivity contribution in [3.63, 3.8) is 0 Å². The third-order valence-corrected chi connectivity index (χ3v) is 7.21. The molecular formula is C18H16Cl2N4O2S2. The number of aromatic amines is 1. The van der Waals surface area contributed by atoms with E-state index in [0.29, 0.717) is 17.3 Å². The van der Waals surface area contributed by atoms with Gasteiger partial charge in [-0.25, -0.2) is 4.98 Å². The Morgan fingerprint density at radius 3 is 2.82 bits per heavy atom. The highest BCUT2D eigenvalue weighted by Gasteiger charge is 2.21. The van der Waals surface area contributed by atoms with Crippen molar-refractivity contribution in [2.24, 2.45) is 0 Å². The van der Waals surface area contributed by atoms with Gasteiger partial charge in [-0.05, 0) is 37.0 Å². The Morgan fingerprint density at radius 2 is 2.07 bits per heavy atom. The zero-order valence-electron chi connectivity index (χ0n) is 14.6. The standard InChI is InChI=1S/C18H16Cl2N4O2S2/c19-10-4-8(5-11(20)16(10)21)22-14(25)7-27-6-13-23-17(26)15-9-2-1-3-12(9)28-18(15)24-13/h4-5H,1-3,6-7,21H2,(H,22,25)(H,23,24,26). The number of nitrogens with zero attached hydrogens (tertiary/aromatic N) is 1. The molecule has 0 bridgehead atoms. The number of carbonyl (C=O) groups excluding carboxylic acids is 1. The Bertz CT molecular complexity index is 1120. The number of thioether (sulfide) groups is 1. The van der Waals surface area contributed by atoms with Gasteiger partial charge in [0.25, 0.3) is 5.56 Å². The summed E-state index contributed by atoms with van der Waals surface area (Å²) in [7, 11) is 0. The van der Waals surface area contributed by atoms with Crippen LogP contribution >= 0.6 is 46.3 Å². The SMILES string of the molecule is Nc1c(Cl)cc(NC(=O)CSCc2nc3sc4c(c3c(=O)[nH]2)CCC4)cc1Cl. The van der Waals surface area contributed by atoms with Crippen LogP contribution in [-0.4, -0.2) is 21.6 Å². The van der Waals surface area contributed by atoms with Crippen LogP contribution in [0.3, 0.4) is 0 Å². The monoisotopic (exact) mass is 454 g/mol. The molecule has 4 N–H and O–H groups in total. The number of fused-ring (bicyclic) bond motifs is 3. The van der Waals surface area contributed by atoms with Gasteiger partial charge in [-0.2, -0.15) is 0 Å². The second-order valence-electron chi connectivity index (χ2n) is 6.44. The lowest BCUT2D eigenvalue weighted by Gasteiger charge is -2.08. The zero-order valence-corrected chi connectivity index (χ0v) is 17.7. The summed E-state index contributed by atoms with van der Waals surface area (Å²) in [6.45, 7) is 0. The van der Waals surface area contributed by atoms with Crippen molar-refractivity contribution < 1.29 is 4.79 Å². The van der Waals surface area contributed by atoms with Crippen LogP contribution in [0.4, 0.5) is 11.4 Å². The lowest BCUT2D eigenvalue weighted by Crippen LogP contribution is -2.15. The molecule has 0 radical (unpaired) electrons. The van der Waals surface area contributed by atoms with E-state index in [1.807, 2.05) is 0 Å². The van der Waals surface area contributed by atoms with Gasteiger partial charge >= 0.3 is 0 Å². The van der Waals surface area contributed by atoms with Crippen molar-refractivity contribution in [2.45, 2.75) is 25.0 Å². The van der Waals surface area contributed by atoms with Crippen LogP contribution in [-0.2, 0) is 23.4 Å². The number of benzene rings is 1. The highest BCUT2D eigenvalue weighted by Crippen LogP contribution is 2.34. The number of aromatic nitrogens is 2. The van der Waals surface area contributed by atoms with E-state index in [9.17, 15) is 9.59 Å². The number of hydrogen-bond acceptors (Lipinski definition) is 6. The van der Waals surface area contributed by atoms with Crippen LogP contribution in [0.1, 0.15) is 22.7 Å². The second kappa shape index (κ2) is 7.94. The molecule has 3 aromatic rings. The van der Waals surface area contributed by atoms with Gasteiger partial charge in [0.15, 0.2) is 0 Å². The fourth-order valence-corrected chi connectivity index (χ4v) is 5.67. The van der Waals surface area contributed by atoms with Crippen molar-refractivity contribution >= 4 is 73.8 Å². The number of carbonyl (C=O) groups is 1. The molecule has 2 heterocycles. The first-order valence-electron chi connectivity index (χ1n) is 8.58. The number of amides is 1. The third kappa shape index (κ3) is 3.87. The average Bonchev–Trinajstić information content (AvgIpc) is 3.20. The highest BCUT2D eigenvalue weighted by molar-refractivity contribution is 7.99. The molecule has 0 spiro atoms. The Morgan fingerprint density at radius 1 is 1.32 bits per heavy atom. The lowest BCUT2D eigenvalue weighted by atomic mass is 10.2. The Balaban J connectivity index is 1.39. The molecule has 0 saturated heterocycles. The Kier molecular flexibility index (Phi) is 5.55. The molecule has 4 rings (SSSR count). The van der Waals surface area contributed by atoms with E-state index in [1.165, 1.54) is 16.6 Å². The van der Waals surface area contributed by atoms with Crippen molar-refractivity contribution in [1.29, 1.82) is 0 Å². The largest absolute Gasteiger partial charge is 0.396 e. The molecule has 0 atom stereocenters. The molecule has 2 aromatic heterocycles. The topological polar surface area (TPSA) is 101 Å². The number of nitrogen functional groups attached to an aromatic ring is 1. The van der Waals surface area contributed by atoms with Crippen molar-refractivity contribution in [2.75, 3.05) is 16.8 Å². The van der Waals surface area contributed by atoms with Gasteiger partial charge in [-0.15, -0.1) is 23.1 Å². The predicted octanol–water partition coefficient (Wildman–Crippen LogP) is 4.23. The molecule has 0 fully saturated rings. The number of nitrogens with one attached hydrogen (secondary N) is 2. The second-order valence-corrected chi connectivity index (χ2v) is 9.33. The molecule has 1 amide bonds. The van der Waals surface area contributed by atoms with Crippen molar-refractivity contribution in [3.8, 4) is 0 Å². The maximum absolute atomic E-state index is 12.4. The van der Waals surface area contributed by atoms with Gasteiger partial charge in [-0.3, -0.25) is 9.59 Å². The summed E-state index contributed by atoms with van der Waals surface area (Å²) >= 11 is 14.9. The first kappa shape index (κ1) is 19.6. The molecule has 0 aliphatic heterocycles. The van der Waals surface area contributed by atoms with E-state index in [2.05, 4.69) is 15.3 Å². The Hall–Kier alpha value is -1.74. The number of H-pyrrole nitrogens is 1. The van der Waals surface area contributed by atoms with Crippen LogP contribution in [0.15, 0.2) is 16.9 Å². The third-order valence-electron chi connectivity index (χ3n) is 4.46. The molecule has 28 heavy (non-hydrogen) atoms. The van der Waals surface area contributed by atoms with Gasteiger partial charge < -0.3 is 16.0 Å². The maximum atomic E-state index is 12.4. The van der Waals surface area contributed by atoms with Gasteiger partial charge in [0.1, 0.15) is 10.7 Å². The van der Waals surface area contributed by atoms with Crippen LogP contribution in [0, 0.1) is 0 Å².